The summed E-state index contributed by atoms with van der Waals surface area (Å²) in [4.78, 5) is 21.5. The van der Waals surface area contributed by atoms with Gasteiger partial charge in [0.2, 0.25) is 0 Å². The smallest absolute Gasteiger partial charge is 0.317 e. The van der Waals surface area contributed by atoms with Gasteiger partial charge in [0.25, 0.3) is 0 Å². The lowest BCUT2D eigenvalue weighted by molar-refractivity contribution is 0.167. The zero-order chi connectivity index (χ0) is 21.2. The fourth-order valence-corrected chi connectivity index (χ4v) is 4.87. The second-order valence-corrected chi connectivity index (χ2v) is 8.65. The molecule has 0 bridgehead atoms. The molecule has 1 aromatic carbocycles. The van der Waals surface area contributed by atoms with Gasteiger partial charge in [0, 0.05) is 61.3 Å². The molecule has 3 aromatic rings. The summed E-state index contributed by atoms with van der Waals surface area (Å²) < 4.78 is 0. The van der Waals surface area contributed by atoms with E-state index < -0.39 is 0 Å². The molecule has 31 heavy (non-hydrogen) atoms. The first-order valence-corrected chi connectivity index (χ1v) is 10.9. The standard InChI is InChI=1S/C24H28N6O/c1-29-14-19(17-5-3-2-4-6-17)13-20(15-29)26-24(31)30-12-9-22-21(16-30)23(28-27-22)18-7-10-25-11-8-18/h2-8,10-11,19-20H,9,12-16H2,1H3,(H,26,31)(H,27,28). The molecule has 2 aliphatic rings. The van der Waals surface area contributed by atoms with E-state index in [2.05, 4.69) is 62.8 Å². The van der Waals surface area contributed by atoms with Crippen LogP contribution in [0, 0.1) is 0 Å². The molecule has 160 valence electrons. The summed E-state index contributed by atoms with van der Waals surface area (Å²) in [6.07, 6.45) is 5.30. The van der Waals surface area contributed by atoms with Crippen molar-refractivity contribution in [3.63, 3.8) is 0 Å². The third-order valence-corrected chi connectivity index (χ3v) is 6.41. The van der Waals surface area contributed by atoms with Crippen molar-refractivity contribution in [1.82, 2.24) is 30.3 Å². The summed E-state index contributed by atoms with van der Waals surface area (Å²) in [6.45, 7) is 3.16. The van der Waals surface area contributed by atoms with Gasteiger partial charge in [0.05, 0.1) is 12.2 Å². The lowest BCUT2D eigenvalue weighted by atomic mass is 9.88. The van der Waals surface area contributed by atoms with E-state index in [9.17, 15) is 4.79 Å². The number of carbonyl (C=O) groups excluding carboxylic acids is 1. The Morgan fingerprint density at radius 2 is 1.94 bits per heavy atom. The molecule has 2 N–H and O–H groups in total. The number of hydrogen-bond acceptors (Lipinski definition) is 4. The predicted octanol–water partition coefficient (Wildman–Crippen LogP) is 3.03. The highest BCUT2D eigenvalue weighted by Crippen LogP contribution is 2.29. The number of benzene rings is 1. The predicted molar refractivity (Wildman–Crippen MR) is 120 cm³/mol. The highest BCUT2D eigenvalue weighted by atomic mass is 16.2. The van der Waals surface area contributed by atoms with Crippen molar-refractivity contribution < 1.29 is 4.79 Å². The first kappa shape index (κ1) is 19.8. The molecule has 2 aliphatic heterocycles. The van der Waals surface area contributed by atoms with E-state index in [4.69, 9.17) is 0 Å². The van der Waals surface area contributed by atoms with E-state index in [1.165, 1.54) is 5.56 Å². The molecule has 5 rings (SSSR count). The van der Waals surface area contributed by atoms with Gasteiger partial charge in [-0.05, 0) is 37.1 Å². The average Bonchev–Trinajstić information content (AvgIpc) is 3.23. The van der Waals surface area contributed by atoms with E-state index in [0.717, 1.165) is 48.4 Å². The van der Waals surface area contributed by atoms with Gasteiger partial charge in [-0.1, -0.05) is 30.3 Å². The molecule has 2 unspecified atom stereocenters. The number of piperidine rings is 1. The van der Waals surface area contributed by atoms with Gasteiger partial charge < -0.3 is 15.1 Å². The molecular formula is C24H28N6O. The van der Waals surface area contributed by atoms with Crippen molar-refractivity contribution in [3.05, 3.63) is 71.7 Å². The molecule has 0 aliphatic carbocycles. The van der Waals surface area contributed by atoms with Gasteiger partial charge in [0.1, 0.15) is 0 Å². The first-order valence-electron chi connectivity index (χ1n) is 10.9. The van der Waals surface area contributed by atoms with Crippen LogP contribution >= 0.6 is 0 Å². The Kier molecular flexibility index (Phi) is 5.42. The molecule has 7 nitrogen and oxygen atoms in total. The number of fused-ring (bicyclic) bond motifs is 1. The maximum Gasteiger partial charge on any atom is 0.317 e. The van der Waals surface area contributed by atoms with Crippen molar-refractivity contribution in [2.75, 3.05) is 26.7 Å². The number of urea groups is 1. The fourth-order valence-electron chi connectivity index (χ4n) is 4.87. The van der Waals surface area contributed by atoms with E-state index in [1.54, 1.807) is 12.4 Å². The lowest BCUT2D eigenvalue weighted by Gasteiger charge is -2.37. The zero-order valence-electron chi connectivity index (χ0n) is 17.8. The molecule has 0 radical (unpaired) electrons. The summed E-state index contributed by atoms with van der Waals surface area (Å²) in [5.41, 5.74) is 5.51. The average molecular weight is 417 g/mol. The van der Waals surface area contributed by atoms with Gasteiger partial charge in [-0.2, -0.15) is 5.10 Å². The van der Waals surface area contributed by atoms with Crippen LogP contribution < -0.4 is 5.32 Å². The van der Waals surface area contributed by atoms with Crippen LogP contribution in [0.1, 0.15) is 29.2 Å². The molecule has 7 heteroatoms. The fraction of sp³-hybridized carbons (Fsp3) is 0.375. The Morgan fingerprint density at radius 1 is 1.13 bits per heavy atom. The number of likely N-dealkylation sites (N-methyl/N-ethyl adjacent to an activating group) is 1. The van der Waals surface area contributed by atoms with Crippen LogP contribution in [0.15, 0.2) is 54.9 Å². The molecular weight excluding hydrogens is 388 g/mol. The Morgan fingerprint density at radius 3 is 2.74 bits per heavy atom. The quantitative estimate of drug-likeness (QED) is 0.688. The minimum atomic E-state index is 0.0136. The molecule has 2 amide bonds. The summed E-state index contributed by atoms with van der Waals surface area (Å²) in [5.74, 6) is 0.436. The number of nitrogens with one attached hydrogen (secondary N) is 2. The molecule has 0 spiro atoms. The van der Waals surface area contributed by atoms with Crippen molar-refractivity contribution in [3.8, 4) is 11.3 Å². The molecule has 1 saturated heterocycles. The van der Waals surface area contributed by atoms with Crippen LogP contribution in [0.3, 0.4) is 0 Å². The van der Waals surface area contributed by atoms with E-state index in [-0.39, 0.29) is 12.1 Å². The SMILES string of the molecule is CN1CC(NC(=O)N2CCc3[nH]nc(-c4ccncc4)c3C2)CC(c2ccccc2)C1. The molecule has 4 heterocycles. The van der Waals surface area contributed by atoms with E-state index in [0.29, 0.717) is 19.0 Å². The largest absolute Gasteiger partial charge is 0.334 e. The number of carbonyl (C=O) groups is 1. The van der Waals surface area contributed by atoms with Crippen molar-refractivity contribution in [1.29, 1.82) is 0 Å². The van der Waals surface area contributed by atoms with Crippen molar-refractivity contribution in [2.24, 2.45) is 0 Å². The first-order chi connectivity index (χ1) is 15.2. The number of amides is 2. The summed E-state index contributed by atoms with van der Waals surface area (Å²) >= 11 is 0. The van der Waals surface area contributed by atoms with Crippen LogP contribution in [-0.4, -0.2) is 63.7 Å². The number of rotatable bonds is 3. The van der Waals surface area contributed by atoms with Crippen LogP contribution in [-0.2, 0) is 13.0 Å². The van der Waals surface area contributed by atoms with E-state index in [1.807, 2.05) is 17.0 Å². The Hall–Kier alpha value is -3.19. The monoisotopic (exact) mass is 416 g/mol. The maximum atomic E-state index is 13.2. The highest BCUT2D eigenvalue weighted by Gasteiger charge is 2.30. The second kappa shape index (κ2) is 8.51. The minimum absolute atomic E-state index is 0.0136. The number of likely N-dealkylation sites (tertiary alicyclic amines) is 1. The van der Waals surface area contributed by atoms with Crippen LogP contribution in [0.4, 0.5) is 4.79 Å². The Labute approximate surface area is 182 Å². The van der Waals surface area contributed by atoms with Gasteiger partial charge in [-0.25, -0.2) is 4.79 Å². The topological polar surface area (TPSA) is 77.2 Å². The number of H-pyrrole nitrogens is 1. The second-order valence-electron chi connectivity index (χ2n) is 8.65. The van der Waals surface area contributed by atoms with Gasteiger partial charge in [-0.3, -0.25) is 10.1 Å². The van der Waals surface area contributed by atoms with E-state index >= 15 is 0 Å². The van der Waals surface area contributed by atoms with Crippen LogP contribution in [0.25, 0.3) is 11.3 Å². The number of hydrogen-bond donors (Lipinski definition) is 2. The molecule has 0 saturated carbocycles. The maximum absolute atomic E-state index is 13.2. The third-order valence-electron chi connectivity index (χ3n) is 6.41. The normalized spacial score (nSPS) is 21.5. The summed E-state index contributed by atoms with van der Waals surface area (Å²) in [5, 5.41) is 11.0. The van der Waals surface area contributed by atoms with Crippen LogP contribution in [0.2, 0.25) is 0 Å². The Balaban J connectivity index is 1.27. The molecule has 2 aromatic heterocycles. The van der Waals surface area contributed by atoms with Crippen molar-refractivity contribution in [2.45, 2.75) is 31.3 Å². The Bertz CT molecular complexity index is 1030. The number of aromatic amines is 1. The number of pyridine rings is 1. The third kappa shape index (κ3) is 4.18. The summed E-state index contributed by atoms with van der Waals surface area (Å²) in [7, 11) is 2.13. The number of nitrogens with zero attached hydrogens (tertiary/aromatic N) is 4. The number of aromatic nitrogens is 3. The summed E-state index contributed by atoms with van der Waals surface area (Å²) in [6, 6.07) is 14.7. The van der Waals surface area contributed by atoms with Gasteiger partial charge in [-0.15, -0.1) is 0 Å². The zero-order valence-corrected chi connectivity index (χ0v) is 17.8. The lowest BCUT2D eigenvalue weighted by Crippen LogP contribution is -2.53. The van der Waals surface area contributed by atoms with Gasteiger partial charge >= 0.3 is 6.03 Å². The van der Waals surface area contributed by atoms with Crippen molar-refractivity contribution >= 4 is 6.03 Å². The van der Waals surface area contributed by atoms with Crippen LogP contribution in [0.5, 0.6) is 0 Å². The molecule has 2 atom stereocenters. The minimum Gasteiger partial charge on any atom is -0.334 e. The molecule has 1 fully saturated rings. The highest BCUT2D eigenvalue weighted by molar-refractivity contribution is 5.76. The van der Waals surface area contributed by atoms with Gasteiger partial charge in [0.15, 0.2) is 0 Å².